The van der Waals surface area contributed by atoms with Gasteiger partial charge in [-0.05, 0) is 50.1 Å². The molecular weight excluding hydrogens is 228 g/mol. The molecule has 1 saturated heterocycles. The van der Waals surface area contributed by atoms with Crippen molar-refractivity contribution in [1.29, 1.82) is 0 Å². The predicted molar refractivity (Wildman–Crippen MR) is 71.8 cm³/mol. The Morgan fingerprint density at radius 3 is 2.78 bits per heavy atom. The molecule has 1 fully saturated rings. The number of hydrogen-bond acceptors (Lipinski definition) is 4. The van der Waals surface area contributed by atoms with E-state index in [4.69, 9.17) is 10.5 Å². The second kappa shape index (κ2) is 5.87. The van der Waals surface area contributed by atoms with E-state index in [0.29, 0.717) is 11.6 Å². The molecule has 0 aromatic heterocycles. The van der Waals surface area contributed by atoms with Crippen molar-refractivity contribution in [2.45, 2.75) is 25.3 Å². The molecule has 0 radical (unpaired) electrons. The molecule has 4 heteroatoms. The molecule has 0 saturated carbocycles. The van der Waals surface area contributed by atoms with Crippen LogP contribution in [0.2, 0.25) is 0 Å². The fraction of sp³-hybridized carbons (Fsp3) is 0.500. The predicted octanol–water partition coefficient (Wildman–Crippen LogP) is 1.79. The lowest BCUT2D eigenvalue weighted by molar-refractivity contribution is 0.0601. The van der Waals surface area contributed by atoms with E-state index < -0.39 is 0 Å². The molecule has 18 heavy (non-hydrogen) atoms. The fourth-order valence-corrected chi connectivity index (χ4v) is 2.57. The average molecular weight is 248 g/mol. The van der Waals surface area contributed by atoms with Crippen molar-refractivity contribution in [3.05, 3.63) is 29.8 Å². The number of carbonyl (C=O) groups is 1. The van der Waals surface area contributed by atoms with Gasteiger partial charge < -0.3 is 15.4 Å². The first-order chi connectivity index (χ1) is 8.76. The van der Waals surface area contributed by atoms with Gasteiger partial charge in [-0.3, -0.25) is 0 Å². The van der Waals surface area contributed by atoms with Crippen molar-refractivity contribution in [1.82, 2.24) is 0 Å². The third kappa shape index (κ3) is 2.64. The van der Waals surface area contributed by atoms with Gasteiger partial charge in [-0.15, -0.1) is 0 Å². The minimum atomic E-state index is -0.290. The fourth-order valence-electron chi connectivity index (χ4n) is 2.57. The number of nitrogens with zero attached hydrogens (tertiary/aromatic N) is 1. The molecular formula is C14H20N2O2. The molecule has 0 aliphatic carbocycles. The van der Waals surface area contributed by atoms with Crippen molar-refractivity contribution >= 4 is 11.7 Å². The minimum Gasteiger partial charge on any atom is -0.465 e. The number of rotatable bonds is 4. The Morgan fingerprint density at radius 1 is 1.44 bits per heavy atom. The monoisotopic (exact) mass is 248 g/mol. The summed E-state index contributed by atoms with van der Waals surface area (Å²) in [6, 6.07) is 8.15. The summed E-state index contributed by atoms with van der Waals surface area (Å²) >= 11 is 0. The second-order valence-corrected chi connectivity index (χ2v) is 4.61. The molecule has 2 rings (SSSR count). The Kier molecular flexibility index (Phi) is 4.20. The number of benzene rings is 1. The third-order valence-corrected chi connectivity index (χ3v) is 3.50. The van der Waals surface area contributed by atoms with Crippen molar-refractivity contribution in [2.24, 2.45) is 5.73 Å². The molecule has 2 N–H and O–H groups in total. The minimum absolute atomic E-state index is 0.290. The molecule has 1 heterocycles. The number of esters is 1. The molecule has 1 aliphatic heterocycles. The summed E-state index contributed by atoms with van der Waals surface area (Å²) in [6.45, 7) is 1.80. The quantitative estimate of drug-likeness (QED) is 0.825. The Hall–Kier alpha value is -1.55. The van der Waals surface area contributed by atoms with Crippen LogP contribution in [0.1, 0.15) is 29.6 Å². The normalized spacial score (nSPS) is 19.0. The molecule has 0 spiro atoms. The van der Waals surface area contributed by atoms with Crippen LogP contribution in [0.25, 0.3) is 0 Å². The van der Waals surface area contributed by atoms with Crippen molar-refractivity contribution in [2.75, 3.05) is 25.1 Å². The number of anilines is 1. The molecule has 1 atom stereocenters. The lowest BCUT2D eigenvalue weighted by Crippen LogP contribution is -2.31. The number of ether oxygens (including phenoxy) is 1. The highest BCUT2D eigenvalue weighted by molar-refractivity contribution is 5.89. The summed E-state index contributed by atoms with van der Waals surface area (Å²) in [5, 5.41) is 0. The van der Waals surface area contributed by atoms with Gasteiger partial charge in [-0.2, -0.15) is 0 Å². The highest BCUT2D eigenvalue weighted by Crippen LogP contribution is 2.27. The Labute approximate surface area is 108 Å². The maximum absolute atomic E-state index is 11.4. The van der Waals surface area contributed by atoms with Gasteiger partial charge in [0.2, 0.25) is 0 Å². The second-order valence-electron chi connectivity index (χ2n) is 4.61. The van der Waals surface area contributed by atoms with E-state index in [1.807, 2.05) is 24.3 Å². The molecule has 1 aromatic carbocycles. The van der Waals surface area contributed by atoms with E-state index in [1.165, 1.54) is 25.6 Å². The maximum atomic E-state index is 11.4. The van der Waals surface area contributed by atoms with E-state index in [9.17, 15) is 4.79 Å². The highest BCUT2D eigenvalue weighted by Gasteiger charge is 2.23. The van der Waals surface area contributed by atoms with Gasteiger partial charge in [-0.1, -0.05) is 0 Å². The first-order valence-corrected chi connectivity index (χ1v) is 6.41. The Balaban J connectivity index is 2.11. The highest BCUT2D eigenvalue weighted by atomic mass is 16.5. The summed E-state index contributed by atoms with van der Waals surface area (Å²) in [7, 11) is 1.40. The SMILES string of the molecule is COC(=O)c1ccc(N2CCCC2CCN)cc1. The van der Waals surface area contributed by atoms with Crippen LogP contribution in [0.5, 0.6) is 0 Å². The molecule has 0 bridgehead atoms. The van der Waals surface area contributed by atoms with Gasteiger partial charge in [0.25, 0.3) is 0 Å². The van der Waals surface area contributed by atoms with Crippen molar-refractivity contribution in [3.63, 3.8) is 0 Å². The van der Waals surface area contributed by atoms with Crippen LogP contribution in [0.3, 0.4) is 0 Å². The van der Waals surface area contributed by atoms with Gasteiger partial charge in [0.15, 0.2) is 0 Å². The van der Waals surface area contributed by atoms with Gasteiger partial charge in [-0.25, -0.2) is 4.79 Å². The van der Waals surface area contributed by atoms with Gasteiger partial charge in [0.05, 0.1) is 12.7 Å². The van der Waals surface area contributed by atoms with E-state index in [2.05, 4.69) is 4.90 Å². The largest absolute Gasteiger partial charge is 0.465 e. The molecule has 98 valence electrons. The van der Waals surface area contributed by atoms with Crippen molar-refractivity contribution < 1.29 is 9.53 Å². The van der Waals surface area contributed by atoms with Crippen LogP contribution >= 0.6 is 0 Å². The molecule has 1 unspecified atom stereocenters. The Bertz CT molecular complexity index is 403. The smallest absolute Gasteiger partial charge is 0.337 e. The summed E-state index contributed by atoms with van der Waals surface area (Å²) < 4.78 is 4.69. The number of nitrogens with two attached hydrogens (primary N) is 1. The number of hydrogen-bond donors (Lipinski definition) is 1. The third-order valence-electron chi connectivity index (χ3n) is 3.50. The van der Waals surface area contributed by atoms with Gasteiger partial charge >= 0.3 is 5.97 Å². The zero-order valence-corrected chi connectivity index (χ0v) is 10.8. The average Bonchev–Trinajstić information content (AvgIpc) is 2.87. The first kappa shape index (κ1) is 12.9. The molecule has 1 aromatic rings. The van der Waals surface area contributed by atoms with Crippen LogP contribution in [0.15, 0.2) is 24.3 Å². The summed E-state index contributed by atoms with van der Waals surface area (Å²) in [4.78, 5) is 13.7. The molecule has 0 amide bonds. The lowest BCUT2D eigenvalue weighted by atomic mass is 10.1. The van der Waals surface area contributed by atoms with Crippen LogP contribution < -0.4 is 10.6 Å². The summed E-state index contributed by atoms with van der Waals surface area (Å²) in [5.41, 5.74) is 7.40. The lowest BCUT2D eigenvalue weighted by Gasteiger charge is -2.26. The Morgan fingerprint density at radius 2 is 2.17 bits per heavy atom. The first-order valence-electron chi connectivity index (χ1n) is 6.41. The van der Waals surface area contributed by atoms with Gasteiger partial charge in [0, 0.05) is 18.3 Å². The van der Waals surface area contributed by atoms with Crippen LogP contribution in [0.4, 0.5) is 5.69 Å². The van der Waals surface area contributed by atoms with Crippen LogP contribution in [-0.2, 0) is 4.74 Å². The van der Waals surface area contributed by atoms with Crippen molar-refractivity contribution in [3.8, 4) is 0 Å². The topological polar surface area (TPSA) is 55.6 Å². The number of carbonyl (C=O) groups excluding carboxylic acids is 1. The zero-order valence-electron chi connectivity index (χ0n) is 10.8. The maximum Gasteiger partial charge on any atom is 0.337 e. The zero-order chi connectivity index (χ0) is 13.0. The molecule has 4 nitrogen and oxygen atoms in total. The van der Waals surface area contributed by atoms with Crippen LogP contribution in [-0.4, -0.2) is 32.2 Å². The summed E-state index contributed by atoms with van der Waals surface area (Å²) in [6.07, 6.45) is 3.44. The summed E-state index contributed by atoms with van der Waals surface area (Å²) in [5.74, 6) is -0.290. The molecule has 1 aliphatic rings. The van der Waals surface area contributed by atoms with E-state index in [1.54, 1.807) is 0 Å². The number of methoxy groups -OCH3 is 1. The van der Waals surface area contributed by atoms with E-state index in [-0.39, 0.29) is 5.97 Å². The van der Waals surface area contributed by atoms with Crippen LogP contribution in [0, 0.1) is 0 Å². The van der Waals surface area contributed by atoms with E-state index in [0.717, 1.165) is 19.5 Å². The van der Waals surface area contributed by atoms with E-state index >= 15 is 0 Å². The van der Waals surface area contributed by atoms with Gasteiger partial charge in [0.1, 0.15) is 0 Å². The standard InChI is InChI=1S/C14H20N2O2/c1-18-14(17)11-4-6-13(7-5-11)16-10-2-3-12(16)8-9-15/h4-7,12H,2-3,8-10,15H2,1H3.